The maximum absolute atomic E-state index is 10.7. The summed E-state index contributed by atoms with van der Waals surface area (Å²) in [6.07, 6.45) is 2.72. The molecule has 5 heteroatoms. The molecule has 1 aliphatic rings. The maximum Gasteiger partial charge on any atom is 0.303 e. The van der Waals surface area contributed by atoms with Gasteiger partial charge in [-0.3, -0.25) is 4.79 Å². The molecule has 0 bridgehead atoms. The molecule has 98 valence electrons. The van der Waals surface area contributed by atoms with Crippen LogP contribution in [0.5, 0.6) is 11.5 Å². The van der Waals surface area contributed by atoms with Crippen molar-refractivity contribution >= 4 is 17.6 Å². The number of aryl methyl sites for hydroxylation is 1. The van der Waals surface area contributed by atoms with Crippen molar-refractivity contribution in [3.63, 3.8) is 0 Å². The minimum atomic E-state index is -0.841. The monoisotopic (exact) mass is 270 g/mol. The molecular formula is C13H15ClO4. The molecule has 0 radical (unpaired) electrons. The summed E-state index contributed by atoms with van der Waals surface area (Å²) in [5, 5.41) is 9.27. The Morgan fingerprint density at radius 2 is 2.22 bits per heavy atom. The third-order valence-corrected chi connectivity index (χ3v) is 2.95. The minimum Gasteiger partial charge on any atom is -0.493 e. The van der Waals surface area contributed by atoms with Gasteiger partial charge in [0.1, 0.15) is 0 Å². The lowest BCUT2D eigenvalue weighted by atomic mass is 10.1. The van der Waals surface area contributed by atoms with Gasteiger partial charge in [-0.05, 0) is 25.3 Å². The Morgan fingerprint density at radius 1 is 1.50 bits per heavy atom. The number of methoxy groups -OCH3 is 1. The first-order valence-corrected chi connectivity index (χ1v) is 6.23. The third kappa shape index (κ3) is 3.29. The molecule has 1 fully saturated rings. The molecule has 1 N–H and O–H groups in total. The van der Waals surface area contributed by atoms with E-state index in [-0.39, 0.29) is 12.5 Å². The van der Waals surface area contributed by atoms with Gasteiger partial charge < -0.3 is 14.6 Å². The van der Waals surface area contributed by atoms with Crippen LogP contribution < -0.4 is 9.47 Å². The number of hydrogen-bond acceptors (Lipinski definition) is 3. The fraction of sp³-hybridized carbons (Fsp3) is 0.462. The number of carboxylic acid groups (broad SMARTS) is 1. The summed E-state index contributed by atoms with van der Waals surface area (Å²) in [5.41, 5.74) is 0.786. The maximum atomic E-state index is 10.7. The van der Waals surface area contributed by atoms with E-state index in [2.05, 4.69) is 0 Å². The molecule has 1 aliphatic carbocycles. The van der Waals surface area contributed by atoms with Crippen LogP contribution in [0.25, 0.3) is 0 Å². The summed E-state index contributed by atoms with van der Waals surface area (Å²) < 4.78 is 11.0. The number of ether oxygens (including phenoxy) is 2. The highest BCUT2D eigenvalue weighted by atomic mass is 35.5. The normalized spacial score (nSPS) is 14.3. The van der Waals surface area contributed by atoms with E-state index in [0.29, 0.717) is 22.9 Å². The molecule has 0 aliphatic heterocycles. The Balaban J connectivity index is 2.27. The molecule has 4 nitrogen and oxygen atoms in total. The van der Waals surface area contributed by atoms with Crippen LogP contribution in [0.4, 0.5) is 0 Å². The Labute approximate surface area is 110 Å². The molecule has 0 heterocycles. The zero-order valence-electron chi connectivity index (χ0n) is 10.1. The second-order valence-electron chi connectivity index (χ2n) is 4.31. The molecule has 0 aromatic heterocycles. The highest BCUT2D eigenvalue weighted by Crippen LogP contribution is 2.39. The first-order valence-electron chi connectivity index (χ1n) is 5.85. The van der Waals surface area contributed by atoms with Crippen LogP contribution in [-0.4, -0.2) is 24.3 Å². The average molecular weight is 271 g/mol. The van der Waals surface area contributed by atoms with E-state index < -0.39 is 5.97 Å². The molecule has 0 unspecified atom stereocenters. The van der Waals surface area contributed by atoms with E-state index in [1.807, 2.05) is 0 Å². The topological polar surface area (TPSA) is 55.8 Å². The fourth-order valence-electron chi connectivity index (χ4n) is 1.69. The van der Waals surface area contributed by atoms with Crippen molar-refractivity contribution in [2.24, 2.45) is 0 Å². The van der Waals surface area contributed by atoms with Gasteiger partial charge in [-0.1, -0.05) is 11.6 Å². The average Bonchev–Trinajstić information content (AvgIpc) is 3.12. The van der Waals surface area contributed by atoms with Crippen LogP contribution in [0, 0.1) is 0 Å². The van der Waals surface area contributed by atoms with Crippen molar-refractivity contribution in [2.45, 2.75) is 31.8 Å². The number of halogens is 1. The summed E-state index contributed by atoms with van der Waals surface area (Å²) >= 11 is 5.99. The first kappa shape index (κ1) is 13.0. The van der Waals surface area contributed by atoms with Gasteiger partial charge in [-0.15, -0.1) is 0 Å². The fourth-order valence-corrected chi connectivity index (χ4v) is 1.92. The molecule has 0 atom stereocenters. The summed E-state index contributed by atoms with van der Waals surface area (Å²) in [5.74, 6) is 0.353. The van der Waals surface area contributed by atoms with Gasteiger partial charge >= 0.3 is 5.97 Å². The zero-order valence-corrected chi connectivity index (χ0v) is 10.9. The van der Waals surface area contributed by atoms with Crippen LogP contribution in [0.15, 0.2) is 12.1 Å². The number of hydrogen-bond donors (Lipinski definition) is 1. The van der Waals surface area contributed by atoms with Gasteiger partial charge in [-0.2, -0.15) is 0 Å². The zero-order chi connectivity index (χ0) is 13.1. The Morgan fingerprint density at radius 3 is 2.78 bits per heavy atom. The van der Waals surface area contributed by atoms with E-state index in [1.165, 1.54) is 0 Å². The van der Waals surface area contributed by atoms with Gasteiger partial charge in [0.25, 0.3) is 0 Å². The highest BCUT2D eigenvalue weighted by Gasteiger charge is 2.26. The third-order valence-electron chi connectivity index (χ3n) is 2.73. The van der Waals surface area contributed by atoms with Crippen LogP contribution in [0.3, 0.4) is 0 Å². The molecule has 0 saturated heterocycles. The summed E-state index contributed by atoms with van der Waals surface area (Å²) in [6, 6.07) is 3.42. The van der Waals surface area contributed by atoms with Crippen molar-refractivity contribution < 1.29 is 19.4 Å². The summed E-state index contributed by atoms with van der Waals surface area (Å²) in [7, 11) is 1.55. The molecule has 2 rings (SSSR count). The molecule has 0 amide bonds. The van der Waals surface area contributed by atoms with Crippen LogP contribution >= 0.6 is 11.6 Å². The quantitative estimate of drug-likeness (QED) is 0.863. The van der Waals surface area contributed by atoms with E-state index >= 15 is 0 Å². The van der Waals surface area contributed by atoms with Gasteiger partial charge in [-0.25, -0.2) is 0 Å². The number of benzene rings is 1. The Bertz CT molecular complexity index is 455. The Kier molecular flexibility index (Phi) is 3.97. The second kappa shape index (κ2) is 5.48. The first-order chi connectivity index (χ1) is 8.60. The predicted molar refractivity (Wildman–Crippen MR) is 67.6 cm³/mol. The molecule has 1 saturated carbocycles. The number of carbonyl (C=O) groups is 1. The van der Waals surface area contributed by atoms with Gasteiger partial charge in [0.05, 0.1) is 13.2 Å². The number of rotatable bonds is 6. The van der Waals surface area contributed by atoms with Crippen molar-refractivity contribution in [3.05, 3.63) is 22.7 Å². The van der Waals surface area contributed by atoms with Crippen LogP contribution in [0.1, 0.15) is 24.8 Å². The van der Waals surface area contributed by atoms with Gasteiger partial charge in [0, 0.05) is 23.1 Å². The van der Waals surface area contributed by atoms with Gasteiger partial charge in [0.2, 0.25) is 0 Å². The lowest BCUT2D eigenvalue weighted by Gasteiger charge is -2.15. The van der Waals surface area contributed by atoms with E-state index in [0.717, 1.165) is 18.4 Å². The molecular weight excluding hydrogens is 256 g/mol. The van der Waals surface area contributed by atoms with Crippen molar-refractivity contribution in [2.75, 3.05) is 7.11 Å². The van der Waals surface area contributed by atoms with Crippen molar-refractivity contribution in [1.82, 2.24) is 0 Å². The van der Waals surface area contributed by atoms with E-state index in [4.69, 9.17) is 26.2 Å². The number of aliphatic carboxylic acids is 1. The molecule has 1 aromatic rings. The van der Waals surface area contributed by atoms with Crippen LogP contribution in [-0.2, 0) is 11.2 Å². The predicted octanol–water partition coefficient (Wildman–Crippen LogP) is 2.91. The van der Waals surface area contributed by atoms with Gasteiger partial charge in [0.15, 0.2) is 11.5 Å². The number of carboxylic acids is 1. The standard InChI is InChI=1S/C13H15ClO4/c1-17-11-7-9(14)6-8(2-5-12(15)16)13(11)18-10-3-4-10/h6-7,10H,2-5H2,1H3,(H,15,16). The Hall–Kier alpha value is -1.42. The minimum absolute atomic E-state index is 0.0462. The van der Waals surface area contributed by atoms with E-state index in [9.17, 15) is 4.79 Å². The van der Waals surface area contributed by atoms with Crippen LogP contribution in [0.2, 0.25) is 5.02 Å². The second-order valence-corrected chi connectivity index (χ2v) is 4.74. The van der Waals surface area contributed by atoms with Crippen molar-refractivity contribution in [1.29, 1.82) is 0 Å². The lowest BCUT2D eigenvalue weighted by Crippen LogP contribution is -2.04. The summed E-state index contributed by atoms with van der Waals surface area (Å²) in [4.78, 5) is 10.7. The lowest BCUT2D eigenvalue weighted by molar-refractivity contribution is -0.136. The molecule has 1 aromatic carbocycles. The van der Waals surface area contributed by atoms with Crippen molar-refractivity contribution in [3.8, 4) is 11.5 Å². The SMILES string of the molecule is COc1cc(Cl)cc(CCC(=O)O)c1OC1CC1. The highest BCUT2D eigenvalue weighted by molar-refractivity contribution is 6.30. The summed E-state index contributed by atoms with van der Waals surface area (Å²) in [6.45, 7) is 0. The largest absolute Gasteiger partial charge is 0.493 e. The molecule has 18 heavy (non-hydrogen) atoms. The van der Waals surface area contributed by atoms with E-state index in [1.54, 1.807) is 19.2 Å². The smallest absolute Gasteiger partial charge is 0.303 e. The molecule has 0 spiro atoms.